The molecule has 0 amide bonds. The van der Waals surface area contributed by atoms with Crippen LogP contribution in [0.3, 0.4) is 0 Å². The summed E-state index contributed by atoms with van der Waals surface area (Å²) in [6, 6.07) is 6.45. The monoisotopic (exact) mass is 521 g/mol. The van der Waals surface area contributed by atoms with E-state index in [1.165, 1.54) is 22.8 Å². The van der Waals surface area contributed by atoms with Gasteiger partial charge in [-0.1, -0.05) is 23.5 Å². The van der Waals surface area contributed by atoms with Crippen molar-refractivity contribution in [1.82, 2.24) is 13.7 Å². The Morgan fingerprint density at radius 2 is 1.94 bits per heavy atom. The molecule has 1 aliphatic heterocycles. The van der Waals surface area contributed by atoms with Gasteiger partial charge < -0.3 is 19.1 Å². The summed E-state index contributed by atoms with van der Waals surface area (Å²) in [7, 11) is 1.57. The van der Waals surface area contributed by atoms with Gasteiger partial charge in [0.25, 0.3) is 5.56 Å². The van der Waals surface area contributed by atoms with Crippen LogP contribution < -0.4 is 25.6 Å². The SMILES string of the molecule is Cn1c(=O)sc2cc(-n3cc(OC(=O)O)c(=O)n(C4COc5c4cccc5C(F)(F)F)c3=O)ccc21. The molecule has 5 rings (SSSR count). The summed E-state index contributed by atoms with van der Waals surface area (Å²) in [4.78, 5) is 49.5. The Hall–Kier alpha value is -4.33. The third-order valence-corrected chi connectivity index (χ3v) is 6.74. The molecule has 3 heterocycles. The van der Waals surface area contributed by atoms with Crippen LogP contribution in [0.2, 0.25) is 0 Å². The molecule has 0 saturated heterocycles. The summed E-state index contributed by atoms with van der Waals surface area (Å²) in [6.07, 6.45) is -5.69. The van der Waals surface area contributed by atoms with E-state index in [9.17, 15) is 32.3 Å². The Balaban J connectivity index is 1.75. The van der Waals surface area contributed by atoms with Crippen molar-refractivity contribution in [3.63, 3.8) is 0 Å². The summed E-state index contributed by atoms with van der Waals surface area (Å²) >= 11 is 0.907. The second kappa shape index (κ2) is 8.12. The van der Waals surface area contributed by atoms with E-state index in [4.69, 9.17) is 9.84 Å². The molecule has 0 bridgehead atoms. The van der Waals surface area contributed by atoms with Crippen molar-refractivity contribution in [2.24, 2.45) is 7.05 Å². The molecule has 4 aromatic rings. The molecule has 2 aromatic carbocycles. The Morgan fingerprint density at radius 3 is 2.64 bits per heavy atom. The van der Waals surface area contributed by atoms with Crippen LogP contribution in [0.5, 0.6) is 11.5 Å². The molecule has 1 atom stereocenters. The minimum Gasteiger partial charge on any atom is -0.490 e. The van der Waals surface area contributed by atoms with Gasteiger partial charge >= 0.3 is 22.9 Å². The first-order chi connectivity index (χ1) is 17.0. The van der Waals surface area contributed by atoms with Crippen LogP contribution in [-0.2, 0) is 13.2 Å². The maximum Gasteiger partial charge on any atom is 0.511 e. The third kappa shape index (κ3) is 3.66. The lowest BCUT2D eigenvalue weighted by molar-refractivity contribution is -0.138. The van der Waals surface area contributed by atoms with E-state index >= 15 is 0 Å². The number of alkyl halides is 3. The number of rotatable bonds is 3. The smallest absolute Gasteiger partial charge is 0.490 e. The molecule has 1 N–H and O–H groups in total. The quantitative estimate of drug-likeness (QED) is 0.412. The van der Waals surface area contributed by atoms with E-state index in [-0.39, 0.29) is 16.1 Å². The number of hydrogen-bond acceptors (Lipinski definition) is 7. The fourth-order valence-corrected chi connectivity index (χ4v) is 5.03. The molecule has 186 valence electrons. The standard InChI is InChI=1S/C22H14F3N3O7S/c1-26-13-6-5-10(7-16(13)36-20(26)31)27-8-15(35-21(32)33)18(29)28(19(27)30)14-9-34-17-11(14)3-2-4-12(17)22(23,24)25/h2-8,14H,9H2,1H3,(H,32,33). The molecule has 1 unspecified atom stereocenters. The summed E-state index contributed by atoms with van der Waals surface area (Å²) in [6.45, 7) is -0.479. The second-order valence-corrected chi connectivity index (χ2v) is 8.81. The highest BCUT2D eigenvalue weighted by Gasteiger charge is 2.40. The first-order valence-corrected chi connectivity index (χ1v) is 11.0. The van der Waals surface area contributed by atoms with Crippen molar-refractivity contribution in [2.45, 2.75) is 12.2 Å². The van der Waals surface area contributed by atoms with E-state index in [1.807, 2.05) is 0 Å². The number of aromatic nitrogens is 3. The first kappa shape index (κ1) is 23.4. The second-order valence-electron chi connectivity index (χ2n) is 7.82. The number of thiazole rings is 1. The topological polar surface area (TPSA) is 122 Å². The zero-order valence-corrected chi connectivity index (χ0v) is 18.9. The number of para-hydroxylation sites is 1. The molecule has 2 aromatic heterocycles. The number of benzene rings is 2. The minimum atomic E-state index is -4.74. The fourth-order valence-electron chi connectivity index (χ4n) is 4.11. The molecule has 1 aliphatic rings. The molecule has 0 spiro atoms. The van der Waals surface area contributed by atoms with Crippen LogP contribution in [0.25, 0.3) is 15.9 Å². The summed E-state index contributed by atoms with van der Waals surface area (Å²) in [5, 5.41) is 9.09. The molecule has 0 saturated carbocycles. The van der Waals surface area contributed by atoms with Crippen molar-refractivity contribution in [1.29, 1.82) is 0 Å². The van der Waals surface area contributed by atoms with Crippen molar-refractivity contribution in [3.05, 3.63) is 84.2 Å². The van der Waals surface area contributed by atoms with Crippen molar-refractivity contribution in [3.8, 4) is 17.2 Å². The molecule has 0 aliphatic carbocycles. The third-order valence-electron chi connectivity index (χ3n) is 5.75. The normalized spacial score (nSPS) is 15.1. The van der Waals surface area contributed by atoms with Gasteiger partial charge in [-0.05, 0) is 24.3 Å². The van der Waals surface area contributed by atoms with Gasteiger partial charge in [0.05, 0.1) is 27.7 Å². The summed E-state index contributed by atoms with van der Waals surface area (Å²) in [5.41, 5.74) is -2.53. The Morgan fingerprint density at radius 1 is 1.19 bits per heavy atom. The van der Waals surface area contributed by atoms with E-state index in [2.05, 4.69) is 4.74 Å². The van der Waals surface area contributed by atoms with Gasteiger partial charge in [-0.25, -0.2) is 14.2 Å². The van der Waals surface area contributed by atoms with Gasteiger partial charge in [0.2, 0.25) is 5.75 Å². The maximum atomic E-state index is 13.5. The van der Waals surface area contributed by atoms with Gasteiger partial charge in [-0.15, -0.1) is 0 Å². The highest BCUT2D eigenvalue weighted by molar-refractivity contribution is 7.16. The van der Waals surface area contributed by atoms with Crippen LogP contribution in [0.4, 0.5) is 18.0 Å². The number of halogens is 3. The predicted octanol–water partition coefficient (Wildman–Crippen LogP) is 2.97. The van der Waals surface area contributed by atoms with E-state index in [0.717, 1.165) is 34.2 Å². The average molecular weight is 521 g/mol. The number of hydrogen-bond donors (Lipinski definition) is 1. The Labute approximate surface area is 201 Å². The van der Waals surface area contributed by atoms with Gasteiger partial charge in [-0.2, -0.15) is 13.2 Å². The van der Waals surface area contributed by atoms with Gasteiger partial charge in [0.15, 0.2) is 0 Å². The maximum absolute atomic E-state index is 13.5. The molecule has 36 heavy (non-hydrogen) atoms. The Bertz CT molecular complexity index is 1730. The number of fused-ring (bicyclic) bond motifs is 2. The van der Waals surface area contributed by atoms with Crippen LogP contribution in [0.15, 0.2) is 57.0 Å². The minimum absolute atomic E-state index is 0.0696. The largest absolute Gasteiger partial charge is 0.511 e. The summed E-state index contributed by atoms with van der Waals surface area (Å²) < 4.78 is 53.7. The number of carbonyl (C=O) groups is 1. The lowest BCUT2D eigenvalue weighted by atomic mass is 10.0. The molecular weight excluding hydrogens is 507 g/mol. The lowest BCUT2D eigenvalue weighted by Gasteiger charge is -2.17. The Kier molecular flexibility index (Phi) is 5.28. The van der Waals surface area contributed by atoms with Crippen LogP contribution in [0, 0.1) is 0 Å². The highest BCUT2D eigenvalue weighted by atomic mass is 32.1. The van der Waals surface area contributed by atoms with Crippen molar-refractivity contribution in [2.75, 3.05) is 6.61 Å². The van der Waals surface area contributed by atoms with Crippen molar-refractivity contribution < 1.29 is 32.5 Å². The zero-order chi connectivity index (χ0) is 25.9. The predicted molar refractivity (Wildman–Crippen MR) is 121 cm³/mol. The van der Waals surface area contributed by atoms with Crippen LogP contribution in [0.1, 0.15) is 17.2 Å². The molecule has 0 fully saturated rings. The molecule has 10 nitrogen and oxygen atoms in total. The van der Waals surface area contributed by atoms with Gasteiger partial charge in [0.1, 0.15) is 18.4 Å². The fraction of sp³-hybridized carbons (Fsp3) is 0.182. The van der Waals surface area contributed by atoms with Crippen LogP contribution >= 0.6 is 11.3 Å². The van der Waals surface area contributed by atoms with Gasteiger partial charge in [-0.3, -0.25) is 14.2 Å². The van der Waals surface area contributed by atoms with E-state index in [1.54, 1.807) is 13.1 Å². The number of aryl methyl sites for hydroxylation is 1. The highest BCUT2D eigenvalue weighted by Crippen LogP contribution is 2.44. The molecule has 14 heteroatoms. The zero-order valence-electron chi connectivity index (χ0n) is 18.1. The first-order valence-electron chi connectivity index (χ1n) is 10.2. The number of carboxylic acid groups (broad SMARTS) is 1. The van der Waals surface area contributed by atoms with Gasteiger partial charge in [0, 0.05) is 12.6 Å². The number of ether oxygens (including phenoxy) is 2. The van der Waals surface area contributed by atoms with Crippen molar-refractivity contribution >= 4 is 27.7 Å². The molecule has 0 radical (unpaired) electrons. The number of nitrogens with zero attached hydrogens (tertiary/aromatic N) is 3. The summed E-state index contributed by atoms with van der Waals surface area (Å²) in [5.74, 6) is -1.27. The van der Waals surface area contributed by atoms with E-state index < -0.39 is 53.3 Å². The average Bonchev–Trinajstić information content (AvgIpc) is 3.35. The van der Waals surface area contributed by atoms with E-state index in [0.29, 0.717) is 14.8 Å². The van der Waals surface area contributed by atoms with Crippen LogP contribution in [-0.4, -0.2) is 31.6 Å². The lowest BCUT2D eigenvalue weighted by Crippen LogP contribution is -2.43. The molecular formula is C22H14F3N3O7S.